The monoisotopic (exact) mass is 260 g/mol. The molecule has 0 aromatic heterocycles. The van der Waals surface area contributed by atoms with E-state index in [0.29, 0.717) is 0 Å². The van der Waals surface area contributed by atoms with Crippen molar-refractivity contribution in [1.29, 1.82) is 5.26 Å². The Morgan fingerprint density at radius 3 is 2.63 bits per heavy atom. The molecule has 0 N–H and O–H groups in total. The van der Waals surface area contributed by atoms with E-state index in [1.807, 2.05) is 32.0 Å². The topological polar surface area (TPSA) is 36.3 Å². The first-order valence-corrected chi connectivity index (χ1v) is 6.70. The van der Waals surface area contributed by atoms with Crippen LogP contribution in [-0.2, 0) is 6.54 Å². The third-order valence-electron chi connectivity index (χ3n) is 3.28. The van der Waals surface area contributed by atoms with Gasteiger partial charge < -0.3 is 9.64 Å². The van der Waals surface area contributed by atoms with Gasteiger partial charge in [-0.2, -0.15) is 5.26 Å². The van der Waals surface area contributed by atoms with Crippen LogP contribution < -0.4 is 4.74 Å². The summed E-state index contributed by atoms with van der Waals surface area (Å²) in [6.07, 6.45) is 1.96. The molecule has 0 aliphatic rings. The summed E-state index contributed by atoms with van der Waals surface area (Å²) in [4.78, 5) is 2.27. The molecule has 0 unspecified atom stereocenters. The molecule has 104 valence electrons. The van der Waals surface area contributed by atoms with Crippen LogP contribution in [0.25, 0.3) is 0 Å². The van der Waals surface area contributed by atoms with Gasteiger partial charge in [-0.1, -0.05) is 18.2 Å². The van der Waals surface area contributed by atoms with Gasteiger partial charge in [0, 0.05) is 12.1 Å². The molecule has 0 bridgehead atoms. The SMILES string of the molecule is COc1ccccc1CN(C)CCCC(C)(C)C#N. The number of hydrogen-bond acceptors (Lipinski definition) is 3. The van der Waals surface area contributed by atoms with Crippen LogP contribution in [0.5, 0.6) is 5.75 Å². The van der Waals surface area contributed by atoms with E-state index in [2.05, 4.69) is 24.1 Å². The van der Waals surface area contributed by atoms with Gasteiger partial charge >= 0.3 is 0 Å². The fourth-order valence-corrected chi connectivity index (χ4v) is 2.05. The zero-order chi connectivity index (χ0) is 14.3. The standard InChI is InChI=1S/C16H24N2O/c1-16(2,13-17)10-7-11-18(3)12-14-8-5-6-9-15(14)19-4/h5-6,8-9H,7,10-12H2,1-4H3. The molecule has 3 heteroatoms. The lowest BCUT2D eigenvalue weighted by Crippen LogP contribution is -2.21. The molecule has 0 saturated carbocycles. The Labute approximate surface area is 116 Å². The number of nitrogens with zero attached hydrogens (tertiary/aromatic N) is 2. The first-order valence-electron chi connectivity index (χ1n) is 6.70. The van der Waals surface area contributed by atoms with Crippen LogP contribution in [0.2, 0.25) is 0 Å². The molecule has 0 fully saturated rings. The molecular formula is C16H24N2O. The van der Waals surface area contributed by atoms with Crippen LogP contribution in [-0.4, -0.2) is 25.6 Å². The first-order chi connectivity index (χ1) is 8.98. The van der Waals surface area contributed by atoms with Crippen molar-refractivity contribution in [2.75, 3.05) is 20.7 Å². The molecule has 19 heavy (non-hydrogen) atoms. The van der Waals surface area contributed by atoms with Crippen LogP contribution in [0.3, 0.4) is 0 Å². The maximum Gasteiger partial charge on any atom is 0.123 e. The van der Waals surface area contributed by atoms with E-state index >= 15 is 0 Å². The highest BCUT2D eigenvalue weighted by molar-refractivity contribution is 5.32. The summed E-state index contributed by atoms with van der Waals surface area (Å²) in [7, 11) is 3.81. The van der Waals surface area contributed by atoms with Gasteiger partial charge in [-0.15, -0.1) is 0 Å². The fourth-order valence-electron chi connectivity index (χ4n) is 2.05. The van der Waals surface area contributed by atoms with Crippen molar-refractivity contribution in [3.8, 4) is 11.8 Å². The average molecular weight is 260 g/mol. The molecule has 1 rings (SSSR count). The van der Waals surface area contributed by atoms with E-state index in [4.69, 9.17) is 10.00 Å². The van der Waals surface area contributed by atoms with Crippen molar-refractivity contribution in [2.45, 2.75) is 33.2 Å². The summed E-state index contributed by atoms with van der Waals surface area (Å²) in [5, 5.41) is 8.98. The second kappa shape index (κ2) is 7.16. The Kier molecular flexibility index (Phi) is 5.85. The van der Waals surface area contributed by atoms with Crippen LogP contribution >= 0.6 is 0 Å². The highest BCUT2D eigenvalue weighted by Crippen LogP contribution is 2.22. The van der Waals surface area contributed by atoms with Gasteiger partial charge in [0.05, 0.1) is 18.6 Å². The van der Waals surface area contributed by atoms with E-state index in [0.717, 1.165) is 31.7 Å². The normalized spacial score (nSPS) is 11.4. The molecular weight excluding hydrogens is 236 g/mol. The van der Waals surface area contributed by atoms with Crippen LogP contribution in [0, 0.1) is 16.7 Å². The number of hydrogen-bond donors (Lipinski definition) is 0. The minimum absolute atomic E-state index is 0.217. The van der Waals surface area contributed by atoms with Crippen molar-refractivity contribution in [3.63, 3.8) is 0 Å². The quantitative estimate of drug-likeness (QED) is 0.753. The maximum atomic E-state index is 8.98. The Hall–Kier alpha value is -1.53. The first kappa shape index (κ1) is 15.5. The average Bonchev–Trinajstić information content (AvgIpc) is 2.39. The van der Waals surface area contributed by atoms with Crippen molar-refractivity contribution < 1.29 is 4.74 Å². The molecule has 1 aromatic rings. The third-order valence-corrected chi connectivity index (χ3v) is 3.28. The van der Waals surface area contributed by atoms with Gasteiger partial charge in [-0.3, -0.25) is 0 Å². The summed E-state index contributed by atoms with van der Waals surface area (Å²) in [6.45, 7) is 5.85. The minimum atomic E-state index is -0.217. The lowest BCUT2D eigenvalue weighted by Gasteiger charge is -2.20. The highest BCUT2D eigenvalue weighted by atomic mass is 16.5. The van der Waals surface area contributed by atoms with Gasteiger partial charge in [0.1, 0.15) is 5.75 Å². The largest absolute Gasteiger partial charge is 0.496 e. The number of rotatable bonds is 7. The summed E-state index contributed by atoms with van der Waals surface area (Å²) >= 11 is 0. The van der Waals surface area contributed by atoms with Gasteiger partial charge in [-0.25, -0.2) is 0 Å². The summed E-state index contributed by atoms with van der Waals surface area (Å²) < 4.78 is 5.35. The maximum absolute atomic E-state index is 8.98. The smallest absolute Gasteiger partial charge is 0.123 e. The minimum Gasteiger partial charge on any atom is -0.496 e. The van der Waals surface area contributed by atoms with Crippen molar-refractivity contribution >= 4 is 0 Å². The number of para-hydroxylation sites is 1. The van der Waals surface area contributed by atoms with Crippen LogP contribution in [0.15, 0.2) is 24.3 Å². The van der Waals surface area contributed by atoms with E-state index in [-0.39, 0.29) is 5.41 Å². The molecule has 0 aliphatic heterocycles. The summed E-state index contributed by atoms with van der Waals surface area (Å²) in [5.74, 6) is 0.937. The van der Waals surface area contributed by atoms with Gasteiger partial charge in [-0.05, 0) is 46.3 Å². The van der Waals surface area contributed by atoms with Gasteiger partial charge in [0.2, 0.25) is 0 Å². The van der Waals surface area contributed by atoms with Crippen molar-refractivity contribution in [2.24, 2.45) is 5.41 Å². The Morgan fingerprint density at radius 1 is 1.32 bits per heavy atom. The lowest BCUT2D eigenvalue weighted by atomic mass is 9.90. The molecule has 0 spiro atoms. The lowest BCUT2D eigenvalue weighted by molar-refractivity contribution is 0.292. The third kappa shape index (κ3) is 5.32. The molecule has 3 nitrogen and oxygen atoms in total. The Balaban J connectivity index is 2.43. The number of benzene rings is 1. The second-order valence-corrected chi connectivity index (χ2v) is 5.65. The molecule has 0 aliphatic carbocycles. The molecule has 0 radical (unpaired) electrons. The Bertz CT molecular complexity index is 435. The predicted molar refractivity (Wildman–Crippen MR) is 78.0 cm³/mol. The molecule has 0 amide bonds. The number of methoxy groups -OCH3 is 1. The van der Waals surface area contributed by atoms with Crippen LogP contribution in [0.4, 0.5) is 0 Å². The number of nitriles is 1. The summed E-state index contributed by atoms with van der Waals surface area (Å²) in [5.41, 5.74) is 0.984. The zero-order valence-electron chi connectivity index (χ0n) is 12.4. The van der Waals surface area contributed by atoms with Crippen molar-refractivity contribution in [3.05, 3.63) is 29.8 Å². The summed E-state index contributed by atoms with van der Waals surface area (Å²) in [6, 6.07) is 10.4. The molecule has 0 atom stereocenters. The van der Waals surface area contributed by atoms with E-state index in [1.165, 1.54) is 5.56 Å². The predicted octanol–water partition coefficient (Wildman–Crippen LogP) is 3.46. The fraction of sp³-hybridized carbons (Fsp3) is 0.562. The van der Waals surface area contributed by atoms with E-state index in [9.17, 15) is 0 Å². The second-order valence-electron chi connectivity index (χ2n) is 5.65. The Morgan fingerprint density at radius 2 is 2.00 bits per heavy atom. The molecule has 1 aromatic carbocycles. The number of ether oxygens (including phenoxy) is 1. The van der Waals surface area contributed by atoms with Gasteiger partial charge in [0.15, 0.2) is 0 Å². The zero-order valence-corrected chi connectivity index (χ0v) is 12.4. The van der Waals surface area contributed by atoms with Gasteiger partial charge in [0.25, 0.3) is 0 Å². The van der Waals surface area contributed by atoms with Crippen molar-refractivity contribution in [1.82, 2.24) is 4.90 Å². The van der Waals surface area contributed by atoms with E-state index < -0.39 is 0 Å². The molecule has 0 heterocycles. The molecule has 0 saturated heterocycles. The highest BCUT2D eigenvalue weighted by Gasteiger charge is 2.16. The van der Waals surface area contributed by atoms with E-state index in [1.54, 1.807) is 7.11 Å². The van der Waals surface area contributed by atoms with Crippen LogP contribution in [0.1, 0.15) is 32.3 Å².